The Balaban J connectivity index is 2.82. The molecule has 0 saturated carbocycles. The topological polar surface area (TPSA) is 60.4 Å². The average molecular weight is 359 g/mol. The summed E-state index contributed by atoms with van der Waals surface area (Å²) in [6.07, 6.45) is 5.73. The van der Waals surface area contributed by atoms with Gasteiger partial charge in [-0.2, -0.15) is 0 Å². The lowest BCUT2D eigenvalue weighted by atomic mass is 10.2. The maximum Gasteiger partial charge on any atom is 0.330 e. The number of hydrogen-bond donors (Lipinski definition) is 0. The van der Waals surface area contributed by atoms with Crippen LogP contribution in [0.3, 0.4) is 0 Å². The van der Waals surface area contributed by atoms with E-state index < -0.39 is 15.8 Å². The summed E-state index contributed by atoms with van der Waals surface area (Å²) in [5.41, 5.74) is 0.811. The van der Waals surface area contributed by atoms with Crippen LogP contribution in [0.25, 0.3) is 4.48 Å². The number of rotatable bonds is 5. The first-order valence-corrected chi connectivity index (χ1v) is 8.54. The maximum absolute atomic E-state index is 11.3. The van der Waals surface area contributed by atoms with E-state index in [0.717, 1.165) is 16.3 Å². The fourth-order valence-corrected chi connectivity index (χ4v) is 2.41. The van der Waals surface area contributed by atoms with E-state index in [2.05, 4.69) is 15.9 Å². The van der Waals surface area contributed by atoms with Crippen molar-refractivity contribution in [1.29, 1.82) is 0 Å². The van der Waals surface area contributed by atoms with Crippen LogP contribution < -0.4 is 0 Å². The molecule has 4 nitrogen and oxygen atoms in total. The molecule has 0 spiro atoms. The molecule has 1 aromatic rings. The Kier molecular flexibility index (Phi) is 6.16. The molecule has 6 heteroatoms. The van der Waals surface area contributed by atoms with Crippen molar-refractivity contribution >= 4 is 36.2 Å². The summed E-state index contributed by atoms with van der Waals surface area (Å²) >= 11 is 3.36. The minimum atomic E-state index is -3.19. The molecule has 0 radical (unpaired) electrons. The lowest BCUT2D eigenvalue weighted by Gasteiger charge is -2.01. The molecular formula is C14H15BrO4S. The van der Waals surface area contributed by atoms with Gasteiger partial charge in [0.15, 0.2) is 9.84 Å². The summed E-state index contributed by atoms with van der Waals surface area (Å²) in [5.74, 6) is -0.406. The van der Waals surface area contributed by atoms with Crippen molar-refractivity contribution in [1.82, 2.24) is 0 Å². The zero-order valence-corrected chi connectivity index (χ0v) is 13.6. The highest BCUT2D eigenvalue weighted by atomic mass is 79.9. The van der Waals surface area contributed by atoms with Crippen LogP contribution in [0.2, 0.25) is 0 Å². The van der Waals surface area contributed by atoms with Gasteiger partial charge in [-0.15, -0.1) is 0 Å². The molecule has 0 bridgehead atoms. The molecule has 0 atom stereocenters. The van der Waals surface area contributed by atoms with Gasteiger partial charge in [0.05, 0.1) is 11.5 Å². The summed E-state index contributed by atoms with van der Waals surface area (Å²) in [5, 5.41) is 0. The summed E-state index contributed by atoms with van der Waals surface area (Å²) < 4.78 is 28.1. The van der Waals surface area contributed by atoms with Gasteiger partial charge in [0, 0.05) is 16.8 Å². The smallest absolute Gasteiger partial charge is 0.330 e. The fourth-order valence-electron chi connectivity index (χ4n) is 1.36. The van der Waals surface area contributed by atoms with Crippen molar-refractivity contribution in [3.63, 3.8) is 0 Å². The van der Waals surface area contributed by atoms with Gasteiger partial charge >= 0.3 is 5.97 Å². The minimum Gasteiger partial charge on any atom is -0.463 e. The van der Waals surface area contributed by atoms with Crippen molar-refractivity contribution in [2.45, 2.75) is 11.8 Å². The van der Waals surface area contributed by atoms with Crippen molar-refractivity contribution in [2.75, 3.05) is 12.9 Å². The number of ether oxygens (including phenoxy) is 1. The second-order valence-corrected chi connectivity index (χ2v) is 6.79. The van der Waals surface area contributed by atoms with Crippen LogP contribution in [0.5, 0.6) is 0 Å². The Bertz CT molecular complexity index is 628. The summed E-state index contributed by atoms with van der Waals surface area (Å²) in [4.78, 5) is 11.4. The van der Waals surface area contributed by atoms with E-state index in [0.29, 0.717) is 6.61 Å². The fraction of sp³-hybridized carbons (Fsp3) is 0.214. The minimum absolute atomic E-state index is 0.267. The first kappa shape index (κ1) is 16.7. The zero-order chi connectivity index (χ0) is 15.2. The highest BCUT2D eigenvalue weighted by molar-refractivity contribution is 9.15. The Labute approximate surface area is 127 Å². The molecule has 0 fully saturated rings. The number of esters is 1. The maximum atomic E-state index is 11.3. The van der Waals surface area contributed by atoms with Crippen LogP contribution in [0.15, 0.2) is 47.4 Å². The third-order valence-electron chi connectivity index (χ3n) is 2.32. The molecule has 0 aromatic heterocycles. The molecule has 0 amide bonds. The monoisotopic (exact) mass is 358 g/mol. The van der Waals surface area contributed by atoms with Gasteiger partial charge in [0.2, 0.25) is 0 Å². The van der Waals surface area contributed by atoms with Crippen LogP contribution in [-0.2, 0) is 19.4 Å². The largest absolute Gasteiger partial charge is 0.463 e. The molecule has 0 saturated heterocycles. The van der Waals surface area contributed by atoms with Gasteiger partial charge in [0.25, 0.3) is 0 Å². The highest BCUT2D eigenvalue weighted by Gasteiger charge is 2.06. The number of carbonyl (C=O) groups excluding carboxylic acids is 1. The van der Waals surface area contributed by atoms with Gasteiger partial charge < -0.3 is 4.74 Å². The molecule has 108 valence electrons. The third kappa shape index (κ3) is 5.30. The molecule has 0 N–H and O–H groups in total. The quantitative estimate of drug-likeness (QED) is 0.461. The second kappa shape index (κ2) is 7.40. The Hall–Kier alpha value is -1.40. The Morgan fingerprint density at radius 1 is 1.30 bits per heavy atom. The van der Waals surface area contributed by atoms with Crippen molar-refractivity contribution < 1.29 is 17.9 Å². The molecule has 0 aliphatic heterocycles. The molecule has 20 heavy (non-hydrogen) atoms. The van der Waals surface area contributed by atoms with E-state index in [-0.39, 0.29) is 4.90 Å². The summed E-state index contributed by atoms with van der Waals surface area (Å²) in [6, 6.07) is 6.45. The number of hydrogen-bond acceptors (Lipinski definition) is 4. The zero-order valence-electron chi connectivity index (χ0n) is 11.2. The number of benzene rings is 1. The van der Waals surface area contributed by atoms with Gasteiger partial charge in [-0.3, -0.25) is 0 Å². The predicted octanol–water partition coefficient (Wildman–Crippen LogP) is 2.95. The van der Waals surface area contributed by atoms with E-state index in [1.807, 2.05) is 0 Å². The van der Waals surface area contributed by atoms with E-state index in [1.54, 1.807) is 31.2 Å². The van der Waals surface area contributed by atoms with Crippen LogP contribution in [0, 0.1) is 0 Å². The highest BCUT2D eigenvalue weighted by Crippen LogP contribution is 2.22. The number of carbonyl (C=O) groups is 1. The molecular weight excluding hydrogens is 344 g/mol. The van der Waals surface area contributed by atoms with E-state index in [1.165, 1.54) is 18.2 Å². The molecule has 0 heterocycles. The first-order valence-electron chi connectivity index (χ1n) is 5.85. The standard InChI is InChI=1S/C14H15BrO4S/c1-3-19-14(16)6-4-5-13(15)11-7-9-12(10-8-11)20(2,17)18/h4-10H,3H2,1-2H3. The number of halogens is 1. The average Bonchev–Trinajstić information content (AvgIpc) is 2.38. The number of sulfone groups is 1. The Morgan fingerprint density at radius 2 is 1.90 bits per heavy atom. The van der Waals surface area contributed by atoms with Gasteiger partial charge in [-0.05, 0) is 30.7 Å². The number of allylic oxidation sites excluding steroid dienone is 2. The normalized spacial score (nSPS) is 12.7. The molecule has 0 unspecified atom stereocenters. The van der Waals surface area contributed by atoms with Crippen LogP contribution in [0.4, 0.5) is 0 Å². The summed E-state index contributed by atoms with van der Waals surface area (Å²) in [7, 11) is -3.19. The van der Waals surface area contributed by atoms with Crippen LogP contribution in [-0.4, -0.2) is 27.2 Å². The van der Waals surface area contributed by atoms with Gasteiger partial charge in [-0.1, -0.05) is 34.1 Å². The molecule has 1 rings (SSSR count). The lowest BCUT2D eigenvalue weighted by molar-refractivity contribution is -0.137. The molecule has 0 aliphatic rings. The Morgan fingerprint density at radius 3 is 2.40 bits per heavy atom. The SMILES string of the molecule is CCOC(=O)C=CC=C(Br)c1ccc(S(C)(=O)=O)cc1. The van der Waals surface area contributed by atoms with E-state index in [9.17, 15) is 13.2 Å². The third-order valence-corrected chi connectivity index (χ3v) is 4.17. The molecule has 0 aliphatic carbocycles. The lowest BCUT2D eigenvalue weighted by Crippen LogP contribution is -1.98. The predicted molar refractivity (Wildman–Crippen MR) is 82.2 cm³/mol. The summed E-state index contributed by atoms with van der Waals surface area (Å²) in [6.45, 7) is 2.07. The van der Waals surface area contributed by atoms with Crippen molar-refractivity contribution in [2.24, 2.45) is 0 Å². The van der Waals surface area contributed by atoms with Crippen LogP contribution in [0.1, 0.15) is 12.5 Å². The van der Waals surface area contributed by atoms with Crippen molar-refractivity contribution in [3.05, 3.63) is 48.1 Å². The second-order valence-electron chi connectivity index (χ2n) is 3.92. The first-order chi connectivity index (χ1) is 9.34. The van der Waals surface area contributed by atoms with Gasteiger partial charge in [-0.25, -0.2) is 13.2 Å². The van der Waals surface area contributed by atoms with E-state index in [4.69, 9.17) is 4.74 Å². The molecule has 1 aromatic carbocycles. The van der Waals surface area contributed by atoms with Crippen LogP contribution >= 0.6 is 15.9 Å². The van der Waals surface area contributed by atoms with Gasteiger partial charge in [0.1, 0.15) is 0 Å². The van der Waals surface area contributed by atoms with Crippen molar-refractivity contribution in [3.8, 4) is 0 Å². The van der Waals surface area contributed by atoms with E-state index >= 15 is 0 Å².